The summed E-state index contributed by atoms with van der Waals surface area (Å²) in [5.74, 6) is 0.915. The van der Waals surface area contributed by atoms with E-state index in [1.807, 2.05) is 22.8 Å². The molecule has 0 aliphatic heterocycles. The molecular weight excluding hydrogens is 288 g/mol. The van der Waals surface area contributed by atoms with Crippen LogP contribution in [0.3, 0.4) is 0 Å². The predicted octanol–water partition coefficient (Wildman–Crippen LogP) is 1.47. The van der Waals surface area contributed by atoms with Crippen molar-refractivity contribution < 1.29 is 8.42 Å². The van der Waals surface area contributed by atoms with Gasteiger partial charge in [-0.05, 0) is 18.2 Å². The van der Waals surface area contributed by atoms with Gasteiger partial charge in [0.2, 0.25) is 10.0 Å². The van der Waals surface area contributed by atoms with Gasteiger partial charge in [0.25, 0.3) is 0 Å². The zero-order valence-electron chi connectivity index (χ0n) is 12.8. The smallest absolute Gasteiger partial charge is 0.208 e. The second kappa shape index (κ2) is 5.31. The van der Waals surface area contributed by atoms with Gasteiger partial charge in [0.05, 0.1) is 17.3 Å². The molecule has 6 nitrogen and oxygen atoms in total. The fraction of sp³-hybridized carbons (Fsp3) is 0.500. The summed E-state index contributed by atoms with van der Waals surface area (Å²) in [5.41, 5.74) is 8.13. The second-order valence-corrected chi connectivity index (χ2v) is 8.08. The van der Waals surface area contributed by atoms with Gasteiger partial charge in [-0.1, -0.05) is 20.8 Å². The molecule has 1 aromatic carbocycles. The van der Waals surface area contributed by atoms with Crippen molar-refractivity contribution in [1.82, 2.24) is 14.3 Å². The topological polar surface area (TPSA) is 90.0 Å². The van der Waals surface area contributed by atoms with Gasteiger partial charge in [-0.2, -0.15) is 0 Å². The summed E-state index contributed by atoms with van der Waals surface area (Å²) >= 11 is 0. The van der Waals surface area contributed by atoms with Gasteiger partial charge in [-0.25, -0.2) is 18.1 Å². The first kappa shape index (κ1) is 15.8. The Hall–Kier alpha value is -1.60. The normalized spacial score (nSPS) is 13.0. The second-order valence-electron chi connectivity index (χ2n) is 6.25. The highest BCUT2D eigenvalue weighted by Crippen LogP contribution is 2.27. The number of nitrogens with zero attached hydrogens (tertiary/aromatic N) is 2. The van der Waals surface area contributed by atoms with Crippen LogP contribution in [0.25, 0.3) is 11.0 Å². The van der Waals surface area contributed by atoms with Crippen LogP contribution >= 0.6 is 0 Å². The fourth-order valence-electron chi connectivity index (χ4n) is 2.29. The number of anilines is 1. The first-order chi connectivity index (χ1) is 9.58. The number of hydrogen-bond acceptors (Lipinski definition) is 4. The molecule has 0 aliphatic carbocycles. The average Bonchev–Trinajstić information content (AvgIpc) is 2.65. The van der Waals surface area contributed by atoms with Gasteiger partial charge in [-0.15, -0.1) is 0 Å². The summed E-state index contributed by atoms with van der Waals surface area (Å²) in [4.78, 5) is 4.67. The average molecular weight is 310 g/mol. The van der Waals surface area contributed by atoms with E-state index in [-0.39, 0.29) is 5.41 Å². The van der Waals surface area contributed by atoms with Crippen molar-refractivity contribution in [3.8, 4) is 0 Å². The van der Waals surface area contributed by atoms with Gasteiger partial charge in [-0.3, -0.25) is 0 Å². The molecule has 116 valence electrons. The minimum atomic E-state index is -3.19. The largest absolute Gasteiger partial charge is 0.399 e. The molecule has 0 spiro atoms. The Labute approximate surface area is 125 Å². The number of rotatable bonds is 4. The van der Waals surface area contributed by atoms with E-state index in [1.54, 1.807) is 0 Å². The van der Waals surface area contributed by atoms with Gasteiger partial charge in [0.15, 0.2) is 0 Å². The van der Waals surface area contributed by atoms with Crippen LogP contribution in [0.15, 0.2) is 18.2 Å². The number of imidazole rings is 1. The summed E-state index contributed by atoms with van der Waals surface area (Å²) < 4.78 is 27.0. The van der Waals surface area contributed by atoms with E-state index in [2.05, 4.69) is 30.5 Å². The minimum Gasteiger partial charge on any atom is -0.399 e. The van der Waals surface area contributed by atoms with Crippen molar-refractivity contribution in [2.45, 2.75) is 32.7 Å². The first-order valence-electron chi connectivity index (χ1n) is 6.79. The van der Waals surface area contributed by atoms with Crippen LogP contribution in [-0.4, -0.2) is 30.8 Å². The van der Waals surface area contributed by atoms with E-state index < -0.39 is 10.0 Å². The maximum Gasteiger partial charge on any atom is 0.208 e. The van der Waals surface area contributed by atoms with E-state index in [1.165, 1.54) is 0 Å². The molecule has 0 amide bonds. The molecule has 0 aliphatic rings. The van der Waals surface area contributed by atoms with Crippen LogP contribution in [0.1, 0.15) is 26.6 Å². The molecule has 0 atom stereocenters. The Bertz CT molecular complexity index is 757. The first-order valence-corrected chi connectivity index (χ1v) is 8.68. The van der Waals surface area contributed by atoms with E-state index >= 15 is 0 Å². The van der Waals surface area contributed by atoms with E-state index in [0.29, 0.717) is 18.8 Å². The third-order valence-corrected chi connectivity index (χ3v) is 3.87. The highest BCUT2D eigenvalue weighted by atomic mass is 32.2. The summed E-state index contributed by atoms with van der Waals surface area (Å²) in [5, 5.41) is 0. The molecule has 3 N–H and O–H groups in total. The number of sulfonamides is 1. The van der Waals surface area contributed by atoms with Crippen molar-refractivity contribution in [2.75, 3.05) is 18.5 Å². The molecule has 0 bridgehead atoms. The summed E-state index contributed by atoms with van der Waals surface area (Å²) in [6, 6.07) is 5.59. The van der Waals surface area contributed by atoms with Crippen LogP contribution in [-0.2, 0) is 22.0 Å². The van der Waals surface area contributed by atoms with Crippen LogP contribution in [0, 0.1) is 0 Å². The SMILES string of the molecule is CC(C)(C)c1nc2cc(N)ccc2n1CCNS(C)(=O)=O. The van der Waals surface area contributed by atoms with Crippen molar-refractivity contribution in [1.29, 1.82) is 0 Å². The molecule has 2 rings (SSSR count). The molecule has 2 aromatic rings. The quantitative estimate of drug-likeness (QED) is 0.837. The van der Waals surface area contributed by atoms with Gasteiger partial charge >= 0.3 is 0 Å². The van der Waals surface area contributed by atoms with Crippen LogP contribution in [0.2, 0.25) is 0 Å². The van der Waals surface area contributed by atoms with Crippen LogP contribution in [0.4, 0.5) is 5.69 Å². The lowest BCUT2D eigenvalue weighted by Crippen LogP contribution is -2.28. The third kappa shape index (κ3) is 3.74. The number of benzene rings is 1. The Morgan fingerprint density at radius 3 is 2.57 bits per heavy atom. The van der Waals surface area contributed by atoms with E-state index in [9.17, 15) is 8.42 Å². The van der Waals surface area contributed by atoms with Gasteiger partial charge in [0.1, 0.15) is 5.82 Å². The number of nitrogens with two attached hydrogens (primary N) is 1. The molecule has 0 radical (unpaired) electrons. The summed E-state index contributed by atoms with van der Waals surface area (Å²) in [6.07, 6.45) is 1.16. The lowest BCUT2D eigenvalue weighted by molar-refractivity contribution is 0.501. The Kier molecular flexibility index (Phi) is 3.99. The van der Waals surface area contributed by atoms with Crippen molar-refractivity contribution in [2.24, 2.45) is 0 Å². The molecular formula is C14H22N4O2S. The van der Waals surface area contributed by atoms with Crippen molar-refractivity contribution in [3.05, 3.63) is 24.0 Å². The maximum absolute atomic E-state index is 11.2. The Morgan fingerprint density at radius 2 is 2.00 bits per heavy atom. The third-order valence-electron chi connectivity index (χ3n) is 3.14. The monoisotopic (exact) mass is 310 g/mol. The molecule has 1 heterocycles. The Balaban J connectivity index is 2.43. The lowest BCUT2D eigenvalue weighted by Gasteiger charge is -2.20. The zero-order chi connectivity index (χ0) is 15.8. The standard InChI is InChI=1S/C14H22N4O2S/c1-14(2,3)13-17-11-9-10(15)5-6-12(11)18(13)8-7-16-21(4,19)20/h5-6,9,16H,7-8,15H2,1-4H3. The molecule has 21 heavy (non-hydrogen) atoms. The Morgan fingerprint density at radius 1 is 1.33 bits per heavy atom. The molecule has 7 heteroatoms. The van der Waals surface area contributed by atoms with Crippen LogP contribution < -0.4 is 10.5 Å². The highest BCUT2D eigenvalue weighted by Gasteiger charge is 2.22. The number of hydrogen-bond donors (Lipinski definition) is 2. The summed E-state index contributed by atoms with van der Waals surface area (Å²) in [6.45, 7) is 7.10. The molecule has 0 saturated heterocycles. The number of nitrogens with one attached hydrogen (secondary N) is 1. The number of fused-ring (bicyclic) bond motifs is 1. The number of nitrogen functional groups attached to an aromatic ring is 1. The molecule has 0 fully saturated rings. The van der Waals surface area contributed by atoms with Gasteiger partial charge in [0, 0.05) is 24.2 Å². The predicted molar refractivity (Wildman–Crippen MR) is 85.7 cm³/mol. The van der Waals surface area contributed by atoms with Crippen molar-refractivity contribution >= 4 is 26.7 Å². The highest BCUT2D eigenvalue weighted by molar-refractivity contribution is 7.88. The van der Waals surface area contributed by atoms with E-state index in [4.69, 9.17) is 5.73 Å². The molecule has 0 unspecified atom stereocenters. The van der Waals surface area contributed by atoms with Crippen LogP contribution in [0.5, 0.6) is 0 Å². The zero-order valence-corrected chi connectivity index (χ0v) is 13.7. The lowest BCUT2D eigenvalue weighted by atomic mass is 9.95. The fourth-order valence-corrected chi connectivity index (χ4v) is 2.75. The van der Waals surface area contributed by atoms with Gasteiger partial charge < -0.3 is 10.3 Å². The molecule has 1 aromatic heterocycles. The molecule has 0 saturated carbocycles. The number of aromatic nitrogens is 2. The minimum absolute atomic E-state index is 0.140. The summed E-state index contributed by atoms with van der Waals surface area (Å²) in [7, 11) is -3.19. The maximum atomic E-state index is 11.2. The van der Waals surface area contributed by atoms with E-state index in [0.717, 1.165) is 23.1 Å². The van der Waals surface area contributed by atoms with Crippen molar-refractivity contribution in [3.63, 3.8) is 0 Å².